The molecule has 0 saturated heterocycles. The molecule has 1 N–H and O–H groups in total. The van der Waals surface area contributed by atoms with Gasteiger partial charge >= 0.3 is 0 Å². The number of anilines is 1. The Hall–Kier alpha value is -0.490. The molecule has 4 heteroatoms. The first-order chi connectivity index (χ1) is 8.20. The number of benzene rings is 1. The van der Waals surface area contributed by atoms with Crippen LogP contribution >= 0.6 is 38.5 Å². The first-order valence-corrected chi connectivity index (χ1v) is 7.33. The number of furan rings is 1. The smallest absolute Gasteiger partial charge is 0.125 e. The van der Waals surface area contributed by atoms with Crippen molar-refractivity contribution in [3.63, 3.8) is 0 Å². The van der Waals surface area contributed by atoms with Crippen molar-refractivity contribution in [1.82, 2.24) is 0 Å². The van der Waals surface area contributed by atoms with Gasteiger partial charge in [-0.05, 0) is 75.3 Å². The molecule has 0 radical (unpaired) electrons. The van der Waals surface area contributed by atoms with Crippen LogP contribution in [0.2, 0.25) is 0 Å². The number of rotatable bonds is 4. The second-order valence-corrected chi connectivity index (χ2v) is 5.77. The highest BCUT2D eigenvalue weighted by molar-refractivity contribution is 14.1. The fraction of sp³-hybridized carbons (Fsp3) is 0.231. The summed E-state index contributed by atoms with van der Waals surface area (Å²) >= 11 is 5.84. The van der Waals surface area contributed by atoms with Gasteiger partial charge in [0, 0.05) is 13.7 Å². The minimum atomic E-state index is 0.219. The van der Waals surface area contributed by atoms with Gasteiger partial charge in [0.15, 0.2) is 0 Å². The molecule has 1 aromatic heterocycles. The maximum Gasteiger partial charge on any atom is 0.125 e. The van der Waals surface area contributed by atoms with Gasteiger partial charge < -0.3 is 9.73 Å². The Morgan fingerprint density at radius 3 is 2.82 bits per heavy atom. The summed E-state index contributed by atoms with van der Waals surface area (Å²) < 4.78 is 7.75. The first kappa shape index (κ1) is 13.0. The van der Waals surface area contributed by atoms with Crippen molar-refractivity contribution in [3.8, 4) is 0 Å². The molecule has 17 heavy (non-hydrogen) atoms. The van der Waals surface area contributed by atoms with Crippen molar-refractivity contribution >= 4 is 44.2 Å². The van der Waals surface area contributed by atoms with Crippen molar-refractivity contribution in [3.05, 3.63) is 50.4 Å². The predicted molar refractivity (Wildman–Crippen MR) is 82.2 cm³/mol. The Balaban J connectivity index is 2.16. The average molecular weight is 406 g/mol. The van der Waals surface area contributed by atoms with E-state index in [1.54, 1.807) is 6.26 Å². The largest absolute Gasteiger partial charge is 0.467 e. The molecule has 0 saturated carbocycles. The van der Waals surface area contributed by atoms with Crippen molar-refractivity contribution < 1.29 is 4.42 Å². The standard InChI is InChI=1S/C13H13BrINO/c1-2-12(13-4-3-7-17-13)16-9-5-6-11(15)10(14)8-9/h3-8,12,16H,2H2,1H3. The zero-order valence-electron chi connectivity index (χ0n) is 9.41. The number of hydrogen-bond donors (Lipinski definition) is 1. The van der Waals surface area contributed by atoms with E-state index < -0.39 is 0 Å². The van der Waals surface area contributed by atoms with Gasteiger partial charge in [0.05, 0.1) is 12.3 Å². The highest BCUT2D eigenvalue weighted by Crippen LogP contribution is 2.27. The molecule has 0 amide bonds. The monoisotopic (exact) mass is 405 g/mol. The lowest BCUT2D eigenvalue weighted by molar-refractivity contribution is 0.474. The van der Waals surface area contributed by atoms with E-state index in [0.717, 1.165) is 22.3 Å². The Kier molecular flexibility index (Phi) is 4.50. The molecule has 0 fully saturated rings. The molecule has 1 unspecified atom stereocenters. The van der Waals surface area contributed by atoms with Crippen molar-refractivity contribution in [1.29, 1.82) is 0 Å². The van der Waals surface area contributed by atoms with Crippen LogP contribution in [0.15, 0.2) is 45.5 Å². The lowest BCUT2D eigenvalue weighted by atomic mass is 10.1. The molecule has 2 aromatic rings. The molecule has 1 heterocycles. The Labute approximate surface area is 123 Å². The molecular weight excluding hydrogens is 393 g/mol. The molecule has 90 valence electrons. The van der Waals surface area contributed by atoms with Gasteiger partial charge in [-0.15, -0.1) is 0 Å². The van der Waals surface area contributed by atoms with Gasteiger partial charge in [-0.25, -0.2) is 0 Å². The third-order valence-electron chi connectivity index (χ3n) is 2.56. The Morgan fingerprint density at radius 2 is 2.24 bits per heavy atom. The summed E-state index contributed by atoms with van der Waals surface area (Å²) in [5.74, 6) is 0.974. The second-order valence-electron chi connectivity index (χ2n) is 3.75. The van der Waals surface area contributed by atoms with Crippen LogP contribution in [0, 0.1) is 3.57 Å². The predicted octanol–water partition coefficient (Wildman–Crippen LogP) is 5.21. The molecule has 0 aliphatic heterocycles. The highest BCUT2D eigenvalue weighted by atomic mass is 127. The summed E-state index contributed by atoms with van der Waals surface area (Å²) in [6.45, 7) is 2.14. The van der Waals surface area contributed by atoms with E-state index in [0.29, 0.717) is 0 Å². The molecule has 2 nitrogen and oxygen atoms in total. The molecule has 1 aromatic carbocycles. The quantitative estimate of drug-likeness (QED) is 0.706. The maximum atomic E-state index is 5.44. The van der Waals surface area contributed by atoms with Crippen molar-refractivity contribution in [2.24, 2.45) is 0 Å². The molecular formula is C13H13BrINO. The van der Waals surface area contributed by atoms with Crippen molar-refractivity contribution in [2.75, 3.05) is 5.32 Å². The Bertz CT molecular complexity index is 484. The summed E-state index contributed by atoms with van der Waals surface area (Å²) in [6.07, 6.45) is 2.70. The third-order valence-corrected chi connectivity index (χ3v) is 4.89. The number of hydrogen-bond acceptors (Lipinski definition) is 2. The zero-order valence-corrected chi connectivity index (χ0v) is 13.2. The van der Waals surface area contributed by atoms with Gasteiger partial charge in [0.25, 0.3) is 0 Å². The molecule has 0 aliphatic rings. The van der Waals surface area contributed by atoms with Crippen LogP contribution in [-0.2, 0) is 0 Å². The lowest BCUT2D eigenvalue weighted by Gasteiger charge is -2.16. The Morgan fingerprint density at radius 1 is 1.41 bits per heavy atom. The van der Waals surface area contributed by atoms with E-state index in [2.05, 4.69) is 69.0 Å². The minimum absolute atomic E-state index is 0.219. The summed E-state index contributed by atoms with van der Waals surface area (Å²) in [5.41, 5.74) is 1.10. The van der Waals surface area contributed by atoms with Gasteiger partial charge in [0.2, 0.25) is 0 Å². The fourth-order valence-electron chi connectivity index (χ4n) is 1.65. The zero-order chi connectivity index (χ0) is 12.3. The number of nitrogens with one attached hydrogen (secondary N) is 1. The fourth-order valence-corrected chi connectivity index (χ4v) is 2.37. The van der Waals surface area contributed by atoms with E-state index in [1.807, 2.05) is 12.1 Å². The molecule has 0 aliphatic carbocycles. The summed E-state index contributed by atoms with van der Waals surface area (Å²) in [4.78, 5) is 0. The average Bonchev–Trinajstić information content (AvgIpc) is 2.84. The van der Waals surface area contributed by atoms with Gasteiger partial charge in [-0.3, -0.25) is 0 Å². The second kappa shape index (κ2) is 5.91. The van der Waals surface area contributed by atoms with Crippen molar-refractivity contribution in [2.45, 2.75) is 19.4 Å². The maximum absolute atomic E-state index is 5.44. The van der Waals surface area contributed by atoms with E-state index >= 15 is 0 Å². The van der Waals surface area contributed by atoms with E-state index in [1.165, 1.54) is 3.57 Å². The van der Waals surface area contributed by atoms with E-state index in [9.17, 15) is 0 Å². The summed E-state index contributed by atoms with van der Waals surface area (Å²) in [6, 6.07) is 10.4. The van der Waals surface area contributed by atoms with Crippen LogP contribution < -0.4 is 5.32 Å². The van der Waals surface area contributed by atoms with Gasteiger partial charge in [-0.1, -0.05) is 6.92 Å². The number of halogens is 2. The van der Waals surface area contributed by atoms with Crippen LogP contribution in [0.3, 0.4) is 0 Å². The highest BCUT2D eigenvalue weighted by Gasteiger charge is 2.12. The van der Waals surface area contributed by atoms with Gasteiger partial charge in [-0.2, -0.15) is 0 Å². The van der Waals surface area contributed by atoms with E-state index in [4.69, 9.17) is 4.42 Å². The topological polar surface area (TPSA) is 25.2 Å². The lowest BCUT2D eigenvalue weighted by Crippen LogP contribution is -2.08. The summed E-state index contributed by atoms with van der Waals surface area (Å²) in [7, 11) is 0. The molecule has 2 rings (SSSR count). The van der Waals surface area contributed by atoms with Crippen LogP contribution in [0.4, 0.5) is 5.69 Å². The van der Waals surface area contributed by atoms with Crippen LogP contribution in [0.25, 0.3) is 0 Å². The van der Waals surface area contributed by atoms with Crippen LogP contribution in [-0.4, -0.2) is 0 Å². The first-order valence-electron chi connectivity index (χ1n) is 5.45. The molecule has 0 bridgehead atoms. The minimum Gasteiger partial charge on any atom is -0.467 e. The third kappa shape index (κ3) is 3.25. The SMILES string of the molecule is CCC(Nc1ccc(I)c(Br)c1)c1ccco1. The normalized spacial score (nSPS) is 12.4. The molecule has 0 spiro atoms. The van der Waals surface area contributed by atoms with Crippen LogP contribution in [0.1, 0.15) is 25.1 Å². The molecule has 1 atom stereocenters. The summed E-state index contributed by atoms with van der Waals surface area (Å²) in [5, 5.41) is 3.47. The van der Waals surface area contributed by atoms with Gasteiger partial charge in [0.1, 0.15) is 5.76 Å². The van der Waals surface area contributed by atoms with Crippen LogP contribution in [0.5, 0.6) is 0 Å². The van der Waals surface area contributed by atoms with E-state index in [-0.39, 0.29) is 6.04 Å².